The third-order valence-corrected chi connectivity index (χ3v) is 5.56. The van der Waals surface area contributed by atoms with Crippen molar-refractivity contribution in [3.8, 4) is 0 Å². The maximum atomic E-state index is 13.0. The average Bonchev–Trinajstić information content (AvgIpc) is 2.85. The number of nitrogens with one attached hydrogen (secondary N) is 5. The van der Waals surface area contributed by atoms with Crippen molar-refractivity contribution in [3.05, 3.63) is 35.9 Å². The van der Waals surface area contributed by atoms with Crippen LogP contribution in [0.5, 0.6) is 0 Å². The lowest BCUT2D eigenvalue weighted by Crippen LogP contribution is -2.56. The number of benzene rings is 1. The van der Waals surface area contributed by atoms with Crippen LogP contribution in [-0.4, -0.2) is 65.8 Å². The Morgan fingerprint density at radius 2 is 1.63 bits per heavy atom. The van der Waals surface area contributed by atoms with Crippen LogP contribution in [0.2, 0.25) is 0 Å². The lowest BCUT2D eigenvalue weighted by molar-refractivity contribution is -0.130. The van der Waals surface area contributed by atoms with E-state index in [1.807, 2.05) is 35.8 Å². The molecule has 0 radical (unpaired) electrons. The molecule has 0 fully saturated rings. The van der Waals surface area contributed by atoms with Gasteiger partial charge in [0.1, 0.15) is 24.3 Å². The van der Waals surface area contributed by atoms with E-state index >= 15 is 0 Å². The van der Waals surface area contributed by atoms with Crippen LogP contribution in [0.15, 0.2) is 30.3 Å². The summed E-state index contributed by atoms with van der Waals surface area (Å²) >= 11 is 1.20. The first kappa shape index (κ1) is 32.5. The van der Waals surface area contributed by atoms with Gasteiger partial charge < -0.3 is 30.7 Å². The summed E-state index contributed by atoms with van der Waals surface area (Å²) in [6, 6.07) is 7.09. The van der Waals surface area contributed by atoms with Crippen molar-refractivity contribution >= 4 is 41.7 Å². The quantitative estimate of drug-likeness (QED) is 0.0637. The van der Waals surface area contributed by atoms with Crippen molar-refractivity contribution in [2.24, 2.45) is 5.84 Å². The molecule has 14 heteroatoms. The monoisotopic (exact) mass is 554 g/mol. The van der Waals surface area contributed by atoms with Crippen LogP contribution in [0.3, 0.4) is 0 Å². The Hall–Kier alpha value is -3.52. The Morgan fingerprint density at radius 3 is 2.24 bits per heavy atom. The fourth-order valence-electron chi connectivity index (χ4n) is 2.87. The summed E-state index contributed by atoms with van der Waals surface area (Å²) in [7, 11) is 0. The normalized spacial score (nSPS) is 12.3. The highest BCUT2D eigenvalue weighted by Crippen LogP contribution is 2.09. The second kappa shape index (κ2) is 17.1. The van der Waals surface area contributed by atoms with Gasteiger partial charge in [-0.25, -0.2) is 15.4 Å². The van der Waals surface area contributed by atoms with Crippen LogP contribution in [0.25, 0.3) is 0 Å². The summed E-state index contributed by atoms with van der Waals surface area (Å²) in [5.74, 6) is 4.05. The van der Waals surface area contributed by atoms with E-state index in [0.29, 0.717) is 6.42 Å². The molecule has 0 bridgehead atoms. The number of thioether (sulfide) groups is 1. The zero-order chi connectivity index (χ0) is 28.6. The van der Waals surface area contributed by atoms with Crippen LogP contribution >= 0.6 is 11.8 Å². The molecule has 7 N–H and O–H groups in total. The molecule has 0 aliphatic heterocycles. The zero-order valence-corrected chi connectivity index (χ0v) is 22.9. The van der Waals surface area contributed by atoms with Gasteiger partial charge in [-0.2, -0.15) is 0 Å². The lowest BCUT2D eigenvalue weighted by atomic mass is 10.1. The smallest absolute Gasteiger partial charge is 0.408 e. The van der Waals surface area contributed by atoms with E-state index in [9.17, 15) is 24.0 Å². The Kier molecular flexibility index (Phi) is 14.6. The standard InChI is InChI=1S/C24H38N6O7S/c1-16(31)27-15-38-14-19(29-23(35)37-24(2,3)4)20(32)28-18(21(33)30-25)11-8-12-26-22(34)36-13-17-9-6-5-7-10-17/h5-7,9-10,18-19H,8,11-15,25H2,1-4H3,(H,26,34)(H,27,31)(H,28,32)(H,29,35)(H,30,33)/t18-,19-/m0/s1. The van der Waals surface area contributed by atoms with Crippen molar-refractivity contribution in [2.45, 2.75) is 64.8 Å². The molecule has 0 spiro atoms. The van der Waals surface area contributed by atoms with E-state index in [1.54, 1.807) is 20.8 Å². The minimum absolute atomic E-state index is 0.0944. The van der Waals surface area contributed by atoms with Crippen LogP contribution in [0, 0.1) is 0 Å². The number of hydrazine groups is 1. The minimum Gasteiger partial charge on any atom is -0.445 e. The molecule has 1 aromatic rings. The topological polar surface area (TPSA) is 190 Å². The summed E-state index contributed by atoms with van der Waals surface area (Å²) in [6.07, 6.45) is -0.960. The highest BCUT2D eigenvalue weighted by Gasteiger charge is 2.28. The van der Waals surface area contributed by atoms with E-state index in [-0.39, 0.29) is 37.1 Å². The molecule has 0 aromatic heterocycles. The Labute approximate surface area is 226 Å². The molecule has 0 aliphatic rings. The summed E-state index contributed by atoms with van der Waals surface area (Å²) < 4.78 is 10.4. The Morgan fingerprint density at radius 1 is 0.947 bits per heavy atom. The number of hydrogen-bond donors (Lipinski definition) is 6. The van der Waals surface area contributed by atoms with Crippen LogP contribution in [-0.2, 0) is 30.5 Å². The van der Waals surface area contributed by atoms with Gasteiger partial charge in [0, 0.05) is 19.2 Å². The molecule has 2 atom stereocenters. The van der Waals surface area contributed by atoms with Gasteiger partial charge in [-0.3, -0.25) is 19.8 Å². The summed E-state index contributed by atoms with van der Waals surface area (Å²) in [6.45, 7) is 6.70. The molecule has 5 amide bonds. The van der Waals surface area contributed by atoms with Gasteiger partial charge in [0.25, 0.3) is 5.91 Å². The molecule has 1 rings (SSSR count). The third kappa shape index (κ3) is 14.9. The van der Waals surface area contributed by atoms with Gasteiger partial charge in [-0.1, -0.05) is 30.3 Å². The molecule has 1 aromatic carbocycles. The second-order valence-electron chi connectivity index (χ2n) is 9.15. The number of alkyl carbamates (subject to hydrolysis) is 2. The lowest BCUT2D eigenvalue weighted by Gasteiger charge is -2.25. The third-order valence-electron chi connectivity index (χ3n) is 4.64. The minimum atomic E-state index is -1.07. The summed E-state index contributed by atoms with van der Waals surface area (Å²) in [5.41, 5.74) is 2.06. The zero-order valence-electron chi connectivity index (χ0n) is 22.1. The summed E-state index contributed by atoms with van der Waals surface area (Å²) in [4.78, 5) is 60.5. The van der Waals surface area contributed by atoms with Gasteiger partial charge in [0.2, 0.25) is 11.8 Å². The van der Waals surface area contributed by atoms with Gasteiger partial charge in [0.05, 0.1) is 5.88 Å². The Balaban J connectivity index is 2.64. The molecular weight excluding hydrogens is 516 g/mol. The molecule has 0 unspecified atom stereocenters. The highest BCUT2D eigenvalue weighted by molar-refractivity contribution is 7.99. The molecule has 212 valence electrons. The van der Waals surface area contributed by atoms with Gasteiger partial charge >= 0.3 is 12.2 Å². The number of rotatable bonds is 14. The molecule has 0 saturated carbocycles. The maximum Gasteiger partial charge on any atom is 0.408 e. The van der Waals surface area contributed by atoms with Crippen molar-refractivity contribution in [2.75, 3.05) is 18.2 Å². The van der Waals surface area contributed by atoms with Crippen molar-refractivity contribution < 1.29 is 33.4 Å². The highest BCUT2D eigenvalue weighted by atomic mass is 32.2. The van der Waals surface area contributed by atoms with Crippen molar-refractivity contribution in [3.63, 3.8) is 0 Å². The Bertz CT molecular complexity index is 927. The summed E-state index contributed by atoms with van der Waals surface area (Å²) in [5, 5.41) is 10.2. The average molecular weight is 555 g/mol. The number of amides is 5. The molecule has 13 nitrogen and oxygen atoms in total. The maximum absolute atomic E-state index is 13.0. The number of ether oxygens (including phenoxy) is 2. The first-order valence-electron chi connectivity index (χ1n) is 12.0. The van der Waals surface area contributed by atoms with Crippen LogP contribution < -0.4 is 32.5 Å². The number of nitrogens with two attached hydrogens (primary N) is 1. The SMILES string of the molecule is CC(=O)NCSC[C@H](NC(=O)OC(C)(C)C)C(=O)N[C@@H](CCCNC(=O)OCc1ccccc1)C(=O)NN. The molecule has 0 saturated heterocycles. The predicted molar refractivity (Wildman–Crippen MR) is 142 cm³/mol. The second-order valence-corrected chi connectivity index (χ2v) is 10.2. The molecule has 38 heavy (non-hydrogen) atoms. The number of carbonyl (C=O) groups excluding carboxylic acids is 5. The van der Waals surface area contributed by atoms with Crippen LogP contribution in [0.4, 0.5) is 9.59 Å². The first-order valence-corrected chi connectivity index (χ1v) is 13.1. The fourth-order valence-corrected chi connectivity index (χ4v) is 3.77. The van der Waals surface area contributed by atoms with Crippen LogP contribution in [0.1, 0.15) is 46.1 Å². The first-order chi connectivity index (χ1) is 17.9. The largest absolute Gasteiger partial charge is 0.445 e. The molecule has 0 aliphatic carbocycles. The van der Waals surface area contributed by atoms with E-state index in [2.05, 4.69) is 21.3 Å². The van der Waals surface area contributed by atoms with E-state index in [1.165, 1.54) is 18.7 Å². The van der Waals surface area contributed by atoms with Gasteiger partial charge in [0.15, 0.2) is 0 Å². The van der Waals surface area contributed by atoms with Crippen molar-refractivity contribution in [1.29, 1.82) is 0 Å². The van der Waals surface area contributed by atoms with Crippen molar-refractivity contribution in [1.82, 2.24) is 26.7 Å². The van der Waals surface area contributed by atoms with E-state index in [0.717, 1.165) is 5.56 Å². The van der Waals surface area contributed by atoms with Gasteiger partial charge in [-0.05, 0) is 39.2 Å². The molecule has 0 heterocycles. The number of carbonyl (C=O) groups is 5. The number of hydrogen-bond acceptors (Lipinski definition) is 9. The molecular formula is C24H38N6O7S. The van der Waals surface area contributed by atoms with E-state index in [4.69, 9.17) is 15.3 Å². The van der Waals surface area contributed by atoms with E-state index < -0.39 is 41.7 Å². The fraction of sp³-hybridized carbons (Fsp3) is 0.542. The van der Waals surface area contributed by atoms with Gasteiger partial charge in [-0.15, -0.1) is 11.8 Å². The predicted octanol–water partition coefficient (Wildman–Crippen LogP) is 0.888.